The van der Waals surface area contributed by atoms with Crippen molar-refractivity contribution in [3.63, 3.8) is 0 Å². The highest BCUT2D eigenvalue weighted by atomic mass is 16.5. The average Bonchev–Trinajstić information content (AvgIpc) is 3.10. The number of amides is 1. The molecule has 1 unspecified atom stereocenters. The molecule has 0 bridgehead atoms. The lowest BCUT2D eigenvalue weighted by Crippen LogP contribution is -2.36. The summed E-state index contributed by atoms with van der Waals surface area (Å²) in [6, 6.07) is 10.5. The monoisotopic (exact) mass is 284 g/mol. The van der Waals surface area contributed by atoms with Crippen LogP contribution >= 0.6 is 0 Å². The second-order valence-electron chi connectivity index (χ2n) is 5.82. The summed E-state index contributed by atoms with van der Waals surface area (Å²) in [5, 5.41) is 3.81. The van der Waals surface area contributed by atoms with Crippen LogP contribution in [0.2, 0.25) is 0 Å². The van der Waals surface area contributed by atoms with E-state index in [0.29, 0.717) is 5.76 Å². The summed E-state index contributed by atoms with van der Waals surface area (Å²) in [4.78, 5) is 14.4. The molecule has 1 fully saturated rings. The van der Waals surface area contributed by atoms with Crippen LogP contribution < -0.4 is 0 Å². The van der Waals surface area contributed by atoms with Gasteiger partial charge in [0.2, 0.25) is 5.76 Å². The first-order chi connectivity index (χ1) is 10.1. The molecule has 110 valence electrons. The van der Waals surface area contributed by atoms with Crippen LogP contribution in [0.25, 0.3) is 0 Å². The Hall–Kier alpha value is -2.10. The Labute approximate surface area is 124 Å². The molecule has 3 rings (SSSR count). The van der Waals surface area contributed by atoms with Crippen molar-refractivity contribution in [2.75, 3.05) is 6.54 Å². The number of likely N-dealkylation sites (tertiary alicyclic amines) is 1. The first kappa shape index (κ1) is 13.9. The summed E-state index contributed by atoms with van der Waals surface area (Å²) < 4.78 is 5.11. The Morgan fingerprint density at radius 2 is 2.10 bits per heavy atom. The molecule has 1 atom stereocenters. The van der Waals surface area contributed by atoms with E-state index in [1.807, 2.05) is 11.8 Å². The third-order valence-electron chi connectivity index (χ3n) is 4.07. The average molecular weight is 284 g/mol. The largest absolute Gasteiger partial charge is 0.351 e. The van der Waals surface area contributed by atoms with Crippen molar-refractivity contribution in [1.82, 2.24) is 10.1 Å². The van der Waals surface area contributed by atoms with Gasteiger partial charge in [-0.15, -0.1) is 0 Å². The van der Waals surface area contributed by atoms with Crippen LogP contribution in [0.1, 0.15) is 40.2 Å². The second-order valence-corrected chi connectivity index (χ2v) is 5.82. The molecule has 4 nitrogen and oxygen atoms in total. The highest BCUT2D eigenvalue weighted by Gasteiger charge is 2.31. The van der Waals surface area contributed by atoms with E-state index >= 15 is 0 Å². The Morgan fingerprint density at radius 1 is 1.33 bits per heavy atom. The minimum Gasteiger partial charge on any atom is -0.351 e. The summed E-state index contributed by atoms with van der Waals surface area (Å²) in [7, 11) is 0. The van der Waals surface area contributed by atoms with Gasteiger partial charge in [-0.1, -0.05) is 35.0 Å². The van der Waals surface area contributed by atoms with Gasteiger partial charge in [-0.05, 0) is 38.7 Å². The number of carbonyl (C=O) groups is 1. The maximum Gasteiger partial charge on any atom is 0.292 e. The summed E-state index contributed by atoms with van der Waals surface area (Å²) >= 11 is 0. The predicted molar refractivity (Wildman–Crippen MR) is 80.2 cm³/mol. The molecule has 0 radical (unpaired) electrons. The van der Waals surface area contributed by atoms with Crippen LogP contribution in [0.3, 0.4) is 0 Å². The predicted octanol–water partition coefficient (Wildman–Crippen LogP) is 3.14. The molecule has 0 saturated carbocycles. The van der Waals surface area contributed by atoms with Gasteiger partial charge < -0.3 is 9.42 Å². The van der Waals surface area contributed by atoms with E-state index in [4.69, 9.17) is 4.52 Å². The van der Waals surface area contributed by atoms with Crippen molar-refractivity contribution in [2.45, 2.75) is 39.2 Å². The van der Waals surface area contributed by atoms with Gasteiger partial charge in [0.1, 0.15) is 0 Å². The summed E-state index contributed by atoms with van der Waals surface area (Å²) in [5.74, 6) is 0.313. The zero-order valence-electron chi connectivity index (χ0n) is 12.5. The maximum atomic E-state index is 12.5. The Kier molecular flexibility index (Phi) is 3.78. The van der Waals surface area contributed by atoms with Crippen LogP contribution in [0.4, 0.5) is 0 Å². The van der Waals surface area contributed by atoms with E-state index < -0.39 is 0 Å². The topological polar surface area (TPSA) is 46.3 Å². The fraction of sp³-hybridized carbons (Fsp3) is 0.412. The number of aromatic nitrogens is 1. The molecule has 2 aromatic rings. The number of nitrogens with zero attached hydrogens (tertiary/aromatic N) is 2. The molecule has 2 heterocycles. The van der Waals surface area contributed by atoms with Gasteiger partial charge >= 0.3 is 0 Å². The molecule has 1 aromatic carbocycles. The molecule has 0 spiro atoms. The molecule has 1 aliphatic rings. The zero-order chi connectivity index (χ0) is 14.8. The minimum absolute atomic E-state index is 0.0368. The van der Waals surface area contributed by atoms with Crippen molar-refractivity contribution < 1.29 is 9.32 Å². The lowest BCUT2D eigenvalue weighted by atomic mass is 10.0. The lowest BCUT2D eigenvalue weighted by Gasteiger charge is -2.23. The number of rotatable bonds is 3. The van der Waals surface area contributed by atoms with Gasteiger partial charge in [-0.3, -0.25) is 4.79 Å². The molecule has 1 amide bonds. The highest BCUT2D eigenvalue weighted by Crippen LogP contribution is 2.23. The van der Waals surface area contributed by atoms with Crippen molar-refractivity contribution >= 4 is 5.91 Å². The quantitative estimate of drug-likeness (QED) is 0.870. The van der Waals surface area contributed by atoms with Crippen LogP contribution in [-0.2, 0) is 6.42 Å². The Morgan fingerprint density at radius 3 is 2.76 bits per heavy atom. The van der Waals surface area contributed by atoms with Crippen LogP contribution in [-0.4, -0.2) is 28.6 Å². The molecule has 21 heavy (non-hydrogen) atoms. The fourth-order valence-electron chi connectivity index (χ4n) is 2.92. The van der Waals surface area contributed by atoms with Gasteiger partial charge in [0.05, 0.1) is 5.69 Å². The molecule has 1 saturated heterocycles. The van der Waals surface area contributed by atoms with Crippen LogP contribution in [0, 0.1) is 13.8 Å². The van der Waals surface area contributed by atoms with E-state index in [0.717, 1.165) is 31.5 Å². The van der Waals surface area contributed by atoms with E-state index in [9.17, 15) is 4.79 Å². The van der Waals surface area contributed by atoms with E-state index in [1.165, 1.54) is 11.1 Å². The van der Waals surface area contributed by atoms with Crippen molar-refractivity contribution in [2.24, 2.45) is 0 Å². The van der Waals surface area contributed by atoms with Crippen molar-refractivity contribution in [3.05, 3.63) is 52.9 Å². The molecular formula is C17H20N2O2. The zero-order valence-corrected chi connectivity index (χ0v) is 12.5. The Bertz CT molecular complexity index is 630. The first-order valence-electron chi connectivity index (χ1n) is 7.43. The minimum atomic E-state index is -0.0368. The maximum absolute atomic E-state index is 12.5. The highest BCUT2D eigenvalue weighted by molar-refractivity contribution is 5.91. The van der Waals surface area contributed by atoms with Gasteiger partial charge in [-0.25, -0.2) is 0 Å². The molecule has 0 aliphatic carbocycles. The molecule has 0 N–H and O–H groups in total. The summed E-state index contributed by atoms with van der Waals surface area (Å²) in [6.45, 7) is 4.71. The smallest absolute Gasteiger partial charge is 0.292 e. The van der Waals surface area contributed by atoms with Gasteiger partial charge in [0.15, 0.2) is 0 Å². The number of hydrogen-bond donors (Lipinski definition) is 0. The Balaban J connectivity index is 1.73. The third kappa shape index (κ3) is 2.99. The lowest BCUT2D eigenvalue weighted by molar-refractivity contribution is 0.0694. The van der Waals surface area contributed by atoms with Crippen LogP contribution in [0.5, 0.6) is 0 Å². The normalized spacial score (nSPS) is 18.2. The molecule has 1 aromatic heterocycles. The fourth-order valence-corrected chi connectivity index (χ4v) is 2.92. The summed E-state index contributed by atoms with van der Waals surface area (Å²) in [5.41, 5.74) is 3.28. The summed E-state index contributed by atoms with van der Waals surface area (Å²) in [6.07, 6.45) is 3.00. The SMILES string of the molecule is Cc1ccc(CC2CCCN2C(=O)c2cc(C)no2)cc1. The van der Waals surface area contributed by atoms with Gasteiger partial charge in [0, 0.05) is 18.7 Å². The van der Waals surface area contributed by atoms with Gasteiger partial charge in [-0.2, -0.15) is 0 Å². The molecular weight excluding hydrogens is 264 g/mol. The second kappa shape index (κ2) is 5.72. The number of carbonyl (C=O) groups excluding carboxylic acids is 1. The number of benzene rings is 1. The van der Waals surface area contributed by atoms with Crippen molar-refractivity contribution in [3.8, 4) is 0 Å². The van der Waals surface area contributed by atoms with Crippen LogP contribution in [0.15, 0.2) is 34.9 Å². The van der Waals surface area contributed by atoms with Crippen molar-refractivity contribution in [1.29, 1.82) is 0 Å². The standard InChI is InChI=1S/C17H20N2O2/c1-12-5-7-14(8-6-12)11-15-4-3-9-19(15)17(20)16-10-13(2)18-21-16/h5-8,10,15H,3-4,9,11H2,1-2H3. The number of hydrogen-bond acceptors (Lipinski definition) is 3. The van der Waals surface area contributed by atoms with Gasteiger partial charge in [0.25, 0.3) is 5.91 Å². The number of aryl methyl sites for hydroxylation is 2. The van der Waals surface area contributed by atoms with E-state index in [-0.39, 0.29) is 11.9 Å². The third-order valence-corrected chi connectivity index (χ3v) is 4.07. The molecule has 4 heteroatoms. The first-order valence-corrected chi connectivity index (χ1v) is 7.43. The van der Waals surface area contributed by atoms with E-state index in [2.05, 4.69) is 36.3 Å². The van der Waals surface area contributed by atoms with E-state index in [1.54, 1.807) is 6.07 Å². The molecule has 1 aliphatic heterocycles.